The average Bonchev–Trinajstić information content (AvgIpc) is 3.21. The molecule has 0 saturated heterocycles. The van der Waals surface area contributed by atoms with E-state index in [4.69, 9.17) is 9.26 Å². The Labute approximate surface area is 217 Å². The molecule has 1 aromatic heterocycles. The van der Waals surface area contributed by atoms with E-state index in [-0.39, 0.29) is 30.8 Å². The number of ether oxygens (including phenoxy) is 2. The molecule has 2 aromatic carbocycles. The smallest absolute Gasteiger partial charge is 0.416 e. The number of aromatic nitrogens is 1. The van der Waals surface area contributed by atoms with Crippen LogP contribution in [0.5, 0.6) is 5.75 Å². The van der Waals surface area contributed by atoms with E-state index in [2.05, 4.69) is 9.89 Å². The number of alkyl halides is 3. The number of aryl methyl sites for hydroxylation is 2. The van der Waals surface area contributed by atoms with Gasteiger partial charge in [0.05, 0.1) is 35.5 Å². The van der Waals surface area contributed by atoms with Gasteiger partial charge in [-0.2, -0.15) is 13.2 Å². The predicted molar refractivity (Wildman–Crippen MR) is 133 cm³/mol. The number of benzene rings is 2. The maximum Gasteiger partial charge on any atom is 0.416 e. The molecular weight excluding hydrogens is 525 g/mol. The standard InChI is InChI=1S/C26H25F3N2O6S/c1-16-22(17(2)37-30-16)10-7-18-8-11-24-23(13-18)31(15-20(36-24)9-12-25(32)35-3)38(33,34)21-6-4-5-19(14-21)26(27,28)29/h4-8,10-11,13-14,20H,9,12,15H2,1-3H3. The van der Waals surface area contributed by atoms with Crippen LogP contribution in [0.15, 0.2) is 51.9 Å². The lowest BCUT2D eigenvalue weighted by atomic mass is 10.1. The minimum Gasteiger partial charge on any atom is -0.486 e. The molecule has 0 bridgehead atoms. The van der Waals surface area contributed by atoms with E-state index in [0.717, 1.165) is 28.1 Å². The number of sulfonamides is 1. The number of methoxy groups -OCH3 is 1. The van der Waals surface area contributed by atoms with Crippen molar-refractivity contribution in [2.45, 2.75) is 43.9 Å². The van der Waals surface area contributed by atoms with Crippen molar-refractivity contribution in [3.8, 4) is 5.75 Å². The lowest BCUT2D eigenvalue weighted by molar-refractivity contribution is -0.141. The molecule has 1 aliphatic rings. The zero-order valence-corrected chi connectivity index (χ0v) is 21.6. The van der Waals surface area contributed by atoms with Gasteiger partial charge in [-0.25, -0.2) is 8.42 Å². The van der Waals surface area contributed by atoms with Crippen LogP contribution in [0.3, 0.4) is 0 Å². The van der Waals surface area contributed by atoms with Gasteiger partial charge < -0.3 is 14.0 Å². The van der Waals surface area contributed by atoms with E-state index in [1.54, 1.807) is 44.2 Å². The number of carbonyl (C=O) groups excluding carboxylic acids is 1. The molecule has 1 unspecified atom stereocenters. The fourth-order valence-electron chi connectivity index (χ4n) is 4.06. The molecule has 12 heteroatoms. The van der Waals surface area contributed by atoms with Gasteiger partial charge in [0.25, 0.3) is 10.0 Å². The van der Waals surface area contributed by atoms with Crippen molar-refractivity contribution in [2.75, 3.05) is 18.0 Å². The van der Waals surface area contributed by atoms with Crippen molar-refractivity contribution >= 4 is 33.8 Å². The number of rotatable bonds is 7. The van der Waals surface area contributed by atoms with Gasteiger partial charge in [-0.05, 0) is 62.2 Å². The third kappa shape index (κ3) is 5.69. The Balaban J connectivity index is 1.75. The largest absolute Gasteiger partial charge is 0.486 e. The van der Waals surface area contributed by atoms with Crippen molar-refractivity contribution in [1.82, 2.24) is 5.16 Å². The monoisotopic (exact) mass is 550 g/mol. The first-order chi connectivity index (χ1) is 17.9. The van der Waals surface area contributed by atoms with E-state index in [0.29, 0.717) is 23.1 Å². The Morgan fingerprint density at radius 2 is 1.95 bits per heavy atom. The number of nitrogens with zero attached hydrogens (tertiary/aromatic N) is 2. The van der Waals surface area contributed by atoms with Crippen molar-refractivity contribution in [3.05, 3.63) is 70.6 Å². The number of carbonyl (C=O) groups is 1. The predicted octanol–water partition coefficient (Wildman–Crippen LogP) is 5.39. The lowest BCUT2D eigenvalue weighted by Crippen LogP contribution is -2.43. The van der Waals surface area contributed by atoms with Gasteiger partial charge in [-0.15, -0.1) is 0 Å². The molecule has 0 radical (unpaired) electrons. The molecule has 0 N–H and O–H groups in total. The molecule has 0 spiro atoms. The zero-order chi connectivity index (χ0) is 27.7. The molecule has 0 fully saturated rings. The summed E-state index contributed by atoms with van der Waals surface area (Å²) in [5.74, 6) is 0.338. The zero-order valence-electron chi connectivity index (χ0n) is 20.8. The van der Waals surface area contributed by atoms with Crippen LogP contribution in [0.4, 0.5) is 18.9 Å². The quantitative estimate of drug-likeness (QED) is 0.364. The molecule has 0 amide bonds. The van der Waals surface area contributed by atoms with Crippen molar-refractivity contribution in [2.24, 2.45) is 0 Å². The Bertz CT molecular complexity index is 1460. The van der Waals surface area contributed by atoms with Crippen molar-refractivity contribution in [3.63, 3.8) is 0 Å². The second kappa shape index (κ2) is 10.5. The normalized spacial score (nSPS) is 15.8. The maximum absolute atomic E-state index is 13.7. The van der Waals surface area contributed by atoms with Gasteiger partial charge >= 0.3 is 12.1 Å². The highest BCUT2D eigenvalue weighted by atomic mass is 32.2. The molecule has 38 heavy (non-hydrogen) atoms. The molecule has 202 valence electrons. The molecular formula is C26H25F3N2O6S. The third-order valence-corrected chi connectivity index (χ3v) is 7.87. The molecule has 1 atom stereocenters. The molecule has 8 nitrogen and oxygen atoms in total. The summed E-state index contributed by atoms with van der Waals surface area (Å²) >= 11 is 0. The lowest BCUT2D eigenvalue weighted by Gasteiger charge is -2.35. The summed E-state index contributed by atoms with van der Waals surface area (Å²) in [5.41, 5.74) is 1.16. The van der Waals surface area contributed by atoms with Crippen molar-refractivity contribution in [1.29, 1.82) is 0 Å². The van der Waals surface area contributed by atoms with Gasteiger partial charge in [0.15, 0.2) is 0 Å². The van der Waals surface area contributed by atoms with Crippen LogP contribution in [0.1, 0.15) is 41.0 Å². The molecule has 1 aliphatic heterocycles. The van der Waals surface area contributed by atoms with Crippen LogP contribution in [-0.4, -0.2) is 39.3 Å². The molecule has 0 aliphatic carbocycles. The number of halogens is 3. The fraction of sp³-hybridized carbons (Fsp3) is 0.308. The minimum absolute atomic E-state index is 0.0216. The summed E-state index contributed by atoms with van der Waals surface area (Å²) in [5, 5.41) is 3.90. The summed E-state index contributed by atoms with van der Waals surface area (Å²) in [7, 11) is -3.20. The molecule has 4 rings (SSSR count). The SMILES string of the molecule is COC(=O)CCC1CN(S(=O)(=O)c2cccc(C(F)(F)F)c2)c2cc(C=Cc3c(C)noc3C)ccc2O1. The number of hydrogen-bond acceptors (Lipinski definition) is 7. The second-order valence-corrected chi connectivity index (χ2v) is 10.6. The van der Waals surface area contributed by atoms with Crippen LogP contribution in [0.2, 0.25) is 0 Å². The number of anilines is 1. The average molecular weight is 551 g/mol. The number of hydrogen-bond donors (Lipinski definition) is 0. The summed E-state index contributed by atoms with van der Waals surface area (Å²) in [4.78, 5) is 11.1. The van der Waals surface area contributed by atoms with Crippen LogP contribution in [-0.2, 0) is 25.7 Å². The Morgan fingerprint density at radius 1 is 1.18 bits per heavy atom. The summed E-state index contributed by atoms with van der Waals surface area (Å²) < 4.78 is 84.2. The first-order valence-electron chi connectivity index (χ1n) is 11.6. The summed E-state index contributed by atoms with van der Waals surface area (Å²) in [6, 6.07) is 8.45. The summed E-state index contributed by atoms with van der Waals surface area (Å²) in [6.07, 6.45) is -1.80. The highest BCUT2D eigenvalue weighted by Gasteiger charge is 2.37. The van der Waals surface area contributed by atoms with Gasteiger partial charge in [0, 0.05) is 12.0 Å². The first kappa shape index (κ1) is 27.2. The second-order valence-electron chi connectivity index (χ2n) is 8.71. The van der Waals surface area contributed by atoms with Gasteiger partial charge in [-0.3, -0.25) is 9.10 Å². The first-order valence-corrected chi connectivity index (χ1v) is 13.0. The van der Waals surface area contributed by atoms with Gasteiger partial charge in [0.1, 0.15) is 17.6 Å². The van der Waals surface area contributed by atoms with E-state index >= 15 is 0 Å². The van der Waals surface area contributed by atoms with Crippen LogP contribution < -0.4 is 9.04 Å². The van der Waals surface area contributed by atoms with E-state index in [9.17, 15) is 26.4 Å². The fourth-order valence-corrected chi connectivity index (χ4v) is 5.60. The topological polar surface area (TPSA) is 98.9 Å². The van der Waals surface area contributed by atoms with Crippen LogP contribution in [0.25, 0.3) is 12.2 Å². The van der Waals surface area contributed by atoms with Gasteiger partial charge in [-0.1, -0.05) is 23.4 Å². The van der Waals surface area contributed by atoms with E-state index in [1.807, 2.05) is 0 Å². The molecule has 0 saturated carbocycles. The van der Waals surface area contributed by atoms with E-state index < -0.39 is 38.7 Å². The molecule has 2 heterocycles. The van der Waals surface area contributed by atoms with Crippen molar-refractivity contribution < 1.29 is 40.4 Å². The Hall–Kier alpha value is -3.80. The highest BCUT2D eigenvalue weighted by molar-refractivity contribution is 7.92. The number of esters is 1. The molecule has 3 aromatic rings. The Morgan fingerprint density at radius 3 is 2.61 bits per heavy atom. The third-order valence-electron chi connectivity index (χ3n) is 6.09. The van der Waals surface area contributed by atoms with Gasteiger partial charge in [0.2, 0.25) is 0 Å². The maximum atomic E-state index is 13.7. The van der Waals surface area contributed by atoms with E-state index in [1.165, 1.54) is 7.11 Å². The van der Waals surface area contributed by atoms with Crippen LogP contribution in [0, 0.1) is 13.8 Å². The minimum atomic E-state index is -4.71. The highest BCUT2D eigenvalue weighted by Crippen LogP contribution is 2.40. The summed E-state index contributed by atoms with van der Waals surface area (Å²) in [6.45, 7) is 3.34. The van der Waals surface area contributed by atoms with Crippen LogP contribution >= 0.6 is 0 Å². The Kier molecular flexibility index (Phi) is 7.54. The number of fused-ring (bicyclic) bond motifs is 1.